The van der Waals surface area contributed by atoms with Crippen molar-refractivity contribution in [1.29, 1.82) is 0 Å². The Bertz CT molecular complexity index is 2130. The minimum absolute atomic E-state index is 0.631. The summed E-state index contributed by atoms with van der Waals surface area (Å²) >= 11 is 0. The maximum Gasteiger partial charge on any atom is 0.115 e. The second-order valence-electron chi connectivity index (χ2n) is 10.1. The quantitative estimate of drug-likeness (QED) is 0.163. The van der Waals surface area contributed by atoms with Gasteiger partial charge in [0, 0.05) is 62.7 Å². The molecule has 40 heavy (non-hydrogen) atoms. The number of rotatable bonds is 5. The van der Waals surface area contributed by atoms with E-state index in [0.29, 0.717) is 12.3 Å². The third kappa shape index (κ3) is 3.97. The molecule has 0 atom stereocenters. The van der Waals surface area contributed by atoms with Crippen molar-refractivity contribution in [2.45, 2.75) is 13.8 Å². The summed E-state index contributed by atoms with van der Waals surface area (Å²) in [5, 5.41) is 4.94. The summed E-state index contributed by atoms with van der Waals surface area (Å²) in [5.74, 6) is 0. The van der Waals surface area contributed by atoms with Crippen molar-refractivity contribution in [2.75, 3.05) is 12.3 Å². The van der Waals surface area contributed by atoms with Gasteiger partial charge in [0.05, 0.1) is 33.5 Å². The highest BCUT2D eigenvalue weighted by Gasteiger charge is 2.24. The number of hydrogen-bond acceptors (Lipinski definition) is 5. The fourth-order valence-electron chi connectivity index (χ4n) is 5.59. The van der Waals surface area contributed by atoms with Crippen LogP contribution in [0.1, 0.15) is 13.8 Å². The highest BCUT2D eigenvalue weighted by molar-refractivity contribution is 7.72. The fraction of sp³-hybridized carbons (Fsp3) is 0.118. The average molecular weight is 539 g/mol. The Morgan fingerprint density at radius 1 is 0.575 bits per heavy atom. The fourth-order valence-corrected chi connectivity index (χ4v) is 7.71. The Balaban J connectivity index is 1.37. The van der Waals surface area contributed by atoms with Gasteiger partial charge in [-0.3, -0.25) is 9.97 Å². The van der Waals surface area contributed by atoms with Crippen LogP contribution < -0.4 is 5.30 Å². The number of aromatic nitrogens is 4. The van der Waals surface area contributed by atoms with Crippen molar-refractivity contribution in [3.8, 4) is 22.5 Å². The van der Waals surface area contributed by atoms with Crippen LogP contribution in [0.3, 0.4) is 0 Å². The summed E-state index contributed by atoms with van der Waals surface area (Å²) in [4.78, 5) is 19.4. The standard InChI is InChI=1S/C34H27N4OP/c1-3-40(39,4-2)30-21-26-15-17-29(38-33(26)34-27(30)11-7-19-36-34)25-9-5-8-24(20-25)28-16-14-23-13-12-22-10-6-18-35-31(22)32(23)37-28/h5-21H,3-4H2,1-2H3. The van der Waals surface area contributed by atoms with Gasteiger partial charge in [-0.2, -0.15) is 0 Å². The van der Waals surface area contributed by atoms with Gasteiger partial charge in [-0.1, -0.05) is 68.4 Å². The molecule has 0 amide bonds. The highest BCUT2D eigenvalue weighted by Crippen LogP contribution is 2.46. The molecular formula is C34H27N4OP. The molecule has 0 aliphatic heterocycles. The van der Waals surface area contributed by atoms with Crippen molar-refractivity contribution in [2.24, 2.45) is 0 Å². The van der Waals surface area contributed by atoms with Gasteiger partial charge in [-0.15, -0.1) is 0 Å². The van der Waals surface area contributed by atoms with Crippen LogP contribution in [0.2, 0.25) is 0 Å². The molecule has 0 bridgehead atoms. The van der Waals surface area contributed by atoms with Gasteiger partial charge in [0.2, 0.25) is 0 Å². The van der Waals surface area contributed by atoms with Crippen LogP contribution in [0, 0.1) is 0 Å². The predicted octanol–water partition coefficient (Wildman–Crippen LogP) is 8.24. The van der Waals surface area contributed by atoms with Crippen LogP contribution in [-0.4, -0.2) is 32.3 Å². The molecule has 0 aliphatic carbocycles. The van der Waals surface area contributed by atoms with Crippen molar-refractivity contribution in [3.63, 3.8) is 0 Å². The Morgan fingerprint density at radius 3 is 1.85 bits per heavy atom. The van der Waals surface area contributed by atoms with E-state index in [1.165, 1.54) is 0 Å². The molecule has 0 unspecified atom stereocenters. The summed E-state index contributed by atoms with van der Waals surface area (Å²) in [7, 11) is -2.51. The van der Waals surface area contributed by atoms with Crippen molar-refractivity contribution in [3.05, 3.63) is 103 Å². The smallest absolute Gasteiger partial charge is 0.115 e. The molecule has 0 saturated carbocycles. The molecule has 0 spiro atoms. The maximum absolute atomic E-state index is 13.8. The average Bonchev–Trinajstić information content (AvgIpc) is 3.03. The summed E-state index contributed by atoms with van der Waals surface area (Å²) in [6, 6.07) is 30.8. The lowest BCUT2D eigenvalue weighted by molar-refractivity contribution is 0.582. The number of pyridine rings is 4. The van der Waals surface area contributed by atoms with Gasteiger partial charge in [-0.05, 0) is 36.4 Å². The second-order valence-corrected chi connectivity index (χ2v) is 13.6. The second kappa shape index (κ2) is 9.62. The van der Waals surface area contributed by atoms with Crippen molar-refractivity contribution in [1.82, 2.24) is 19.9 Å². The first-order valence-electron chi connectivity index (χ1n) is 13.6. The highest BCUT2D eigenvalue weighted by atomic mass is 31.2. The van der Waals surface area contributed by atoms with Crippen LogP contribution >= 0.6 is 7.14 Å². The van der Waals surface area contributed by atoms with Gasteiger partial charge < -0.3 is 4.57 Å². The summed E-state index contributed by atoms with van der Waals surface area (Å²) in [6.07, 6.45) is 4.86. The van der Waals surface area contributed by atoms with E-state index >= 15 is 0 Å². The summed E-state index contributed by atoms with van der Waals surface area (Å²) in [5.41, 5.74) is 7.18. The Hall–Kier alpha value is -4.47. The zero-order valence-electron chi connectivity index (χ0n) is 22.4. The summed E-state index contributed by atoms with van der Waals surface area (Å²) < 4.78 is 13.8. The van der Waals surface area contributed by atoms with E-state index in [-0.39, 0.29) is 0 Å². The van der Waals surface area contributed by atoms with E-state index in [4.69, 9.17) is 15.0 Å². The van der Waals surface area contributed by atoms with E-state index in [1.54, 1.807) is 6.20 Å². The normalized spacial score (nSPS) is 12.1. The third-order valence-corrected chi connectivity index (χ3v) is 11.2. The molecule has 7 aromatic rings. The number of hydrogen-bond donors (Lipinski definition) is 0. The largest absolute Gasteiger partial charge is 0.319 e. The van der Waals surface area contributed by atoms with Gasteiger partial charge in [0.15, 0.2) is 0 Å². The summed E-state index contributed by atoms with van der Waals surface area (Å²) in [6.45, 7) is 4.02. The van der Waals surface area contributed by atoms with Gasteiger partial charge in [-0.25, -0.2) is 9.97 Å². The lowest BCUT2D eigenvalue weighted by Crippen LogP contribution is -2.11. The van der Waals surface area contributed by atoms with Crippen molar-refractivity contribution < 1.29 is 4.57 Å². The molecule has 4 aromatic heterocycles. The predicted molar refractivity (Wildman–Crippen MR) is 167 cm³/mol. The first kappa shape index (κ1) is 24.6. The van der Waals surface area contributed by atoms with E-state index in [0.717, 1.165) is 71.4 Å². The van der Waals surface area contributed by atoms with E-state index in [2.05, 4.69) is 65.6 Å². The Morgan fingerprint density at radius 2 is 1.15 bits per heavy atom. The zero-order chi connectivity index (χ0) is 27.3. The topological polar surface area (TPSA) is 68.6 Å². The van der Waals surface area contributed by atoms with Gasteiger partial charge in [0.1, 0.15) is 7.14 Å². The SMILES string of the molecule is CCP(=O)(CC)c1cc2ccc(-c3cccc(-c4ccc5ccc6cccnc6c5n4)c3)nc2c2ncccc12. The van der Waals surface area contributed by atoms with E-state index in [9.17, 15) is 4.57 Å². The first-order chi connectivity index (χ1) is 19.6. The molecule has 6 heteroatoms. The van der Waals surface area contributed by atoms with E-state index < -0.39 is 7.14 Å². The Kier molecular flexibility index (Phi) is 5.91. The van der Waals surface area contributed by atoms with Crippen LogP contribution in [0.15, 0.2) is 103 Å². The monoisotopic (exact) mass is 538 g/mol. The van der Waals surface area contributed by atoms with E-state index in [1.807, 2.05) is 50.4 Å². The molecule has 0 saturated heterocycles. The molecule has 0 aliphatic rings. The van der Waals surface area contributed by atoms with Gasteiger partial charge in [0.25, 0.3) is 0 Å². The maximum atomic E-state index is 13.8. The van der Waals surface area contributed by atoms with Crippen LogP contribution in [0.4, 0.5) is 0 Å². The molecule has 194 valence electrons. The molecule has 3 aromatic carbocycles. The molecule has 4 heterocycles. The van der Waals surface area contributed by atoms with Crippen LogP contribution in [0.5, 0.6) is 0 Å². The zero-order valence-corrected chi connectivity index (χ0v) is 23.3. The first-order valence-corrected chi connectivity index (χ1v) is 15.7. The molecular weight excluding hydrogens is 511 g/mol. The minimum atomic E-state index is -2.51. The molecule has 0 N–H and O–H groups in total. The minimum Gasteiger partial charge on any atom is -0.319 e. The molecule has 5 nitrogen and oxygen atoms in total. The van der Waals surface area contributed by atoms with Crippen LogP contribution in [0.25, 0.3) is 66.1 Å². The number of fused-ring (bicyclic) bond motifs is 6. The van der Waals surface area contributed by atoms with Gasteiger partial charge >= 0.3 is 0 Å². The van der Waals surface area contributed by atoms with Crippen LogP contribution in [-0.2, 0) is 4.57 Å². The molecule has 0 radical (unpaired) electrons. The molecule has 0 fully saturated rings. The number of benzene rings is 3. The third-order valence-electron chi connectivity index (χ3n) is 7.87. The van der Waals surface area contributed by atoms with Crippen molar-refractivity contribution >= 4 is 56.1 Å². The lowest BCUT2D eigenvalue weighted by atomic mass is 10.0. The number of nitrogens with zero attached hydrogens (tertiary/aromatic N) is 4. The molecule has 7 rings (SSSR count). The Labute approximate surface area is 232 Å². The lowest BCUT2D eigenvalue weighted by Gasteiger charge is -2.18.